The maximum absolute atomic E-state index is 12.0. The van der Waals surface area contributed by atoms with Gasteiger partial charge in [0.05, 0.1) is 6.61 Å². The zero-order valence-electron chi connectivity index (χ0n) is 16.0. The quantitative estimate of drug-likeness (QED) is 0.642. The lowest BCUT2D eigenvalue weighted by molar-refractivity contribution is 0.0397. The van der Waals surface area contributed by atoms with E-state index in [1.165, 1.54) is 0 Å². The number of alkyl carbamates (subject to hydrolysis) is 1. The van der Waals surface area contributed by atoms with E-state index in [2.05, 4.69) is 24.1 Å². The van der Waals surface area contributed by atoms with Crippen molar-refractivity contribution in [3.05, 3.63) is 0 Å². The summed E-state index contributed by atoms with van der Waals surface area (Å²) in [5.74, 6) is 0. The summed E-state index contributed by atoms with van der Waals surface area (Å²) in [5.41, 5.74) is 5.52. The lowest BCUT2D eigenvalue weighted by atomic mass is 10.0. The molecule has 1 amide bonds. The fourth-order valence-corrected chi connectivity index (χ4v) is 2.79. The van der Waals surface area contributed by atoms with Gasteiger partial charge in [0.15, 0.2) is 0 Å². The first kappa shape index (κ1) is 22.1. The van der Waals surface area contributed by atoms with Crippen LogP contribution >= 0.6 is 0 Å². The average Bonchev–Trinajstić information content (AvgIpc) is 2.43. The first-order valence-electron chi connectivity index (χ1n) is 8.64. The summed E-state index contributed by atoms with van der Waals surface area (Å²) in [6.45, 7) is 13.8. The van der Waals surface area contributed by atoms with Crippen molar-refractivity contribution in [1.29, 1.82) is 0 Å². The van der Waals surface area contributed by atoms with Crippen LogP contribution in [0.25, 0.3) is 0 Å². The smallest absolute Gasteiger partial charge is 0.407 e. The van der Waals surface area contributed by atoms with E-state index < -0.39 is 11.7 Å². The van der Waals surface area contributed by atoms with Crippen molar-refractivity contribution in [2.24, 2.45) is 5.73 Å². The van der Waals surface area contributed by atoms with Crippen LogP contribution in [0.3, 0.4) is 0 Å². The van der Waals surface area contributed by atoms with Crippen LogP contribution in [0.2, 0.25) is 0 Å². The molecule has 0 spiro atoms. The number of carbonyl (C=O) groups is 1. The predicted molar refractivity (Wildman–Crippen MR) is 94.6 cm³/mol. The Morgan fingerprint density at radius 2 is 1.83 bits per heavy atom. The summed E-state index contributed by atoms with van der Waals surface area (Å²) in [6, 6.07) is 0.358. The number of carbonyl (C=O) groups excluding carboxylic acids is 1. The zero-order valence-corrected chi connectivity index (χ0v) is 16.0. The van der Waals surface area contributed by atoms with Crippen LogP contribution in [-0.2, 0) is 9.47 Å². The van der Waals surface area contributed by atoms with Gasteiger partial charge in [-0.3, -0.25) is 4.90 Å². The molecule has 6 nitrogen and oxygen atoms in total. The average molecular weight is 332 g/mol. The zero-order chi connectivity index (χ0) is 18.0. The summed E-state index contributed by atoms with van der Waals surface area (Å²) in [7, 11) is 1.70. The van der Waals surface area contributed by atoms with Gasteiger partial charge in [-0.15, -0.1) is 0 Å². The summed E-state index contributed by atoms with van der Waals surface area (Å²) in [6.07, 6.45) is 1.67. The molecule has 0 bridgehead atoms. The van der Waals surface area contributed by atoms with E-state index in [-0.39, 0.29) is 12.1 Å². The van der Waals surface area contributed by atoms with Crippen molar-refractivity contribution in [3.63, 3.8) is 0 Å². The van der Waals surface area contributed by atoms with Gasteiger partial charge in [-0.05, 0) is 40.5 Å². The highest BCUT2D eigenvalue weighted by Crippen LogP contribution is 2.15. The van der Waals surface area contributed by atoms with Crippen LogP contribution in [0.15, 0.2) is 0 Å². The Morgan fingerprint density at radius 1 is 1.26 bits per heavy atom. The van der Waals surface area contributed by atoms with E-state index in [0.29, 0.717) is 19.2 Å². The van der Waals surface area contributed by atoms with Gasteiger partial charge in [0.2, 0.25) is 0 Å². The third kappa shape index (κ3) is 8.53. The Bertz CT molecular complexity index is 328. The van der Waals surface area contributed by atoms with E-state index in [1.807, 2.05) is 27.7 Å². The summed E-state index contributed by atoms with van der Waals surface area (Å²) in [4.78, 5) is 14.4. The minimum absolute atomic E-state index is 0.0440. The third-order valence-corrected chi connectivity index (χ3v) is 3.95. The molecule has 138 valence electrons. The van der Waals surface area contributed by atoms with E-state index in [1.54, 1.807) is 7.11 Å². The molecule has 2 unspecified atom stereocenters. The predicted octanol–water partition coefficient (Wildman–Crippen LogP) is 2.36. The van der Waals surface area contributed by atoms with Gasteiger partial charge in [0.1, 0.15) is 5.60 Å². The Morgan fingerprint density at radius 3 is 2.22 bits per heavy atom. The van der Waals surface area contributed by atoms with Gasteiger partial charge < -0.3 is 20.5 Å². The van der Waals surface area contributed by atoms with Crippen molar-refractivity contribution in [1.82, 2.24) is 10.2 Å². The summed E-state index contributed by atoms with van der Waals surface area (Å²) >= 11 is 0. The minimum atomic E-state index is -0.507. The van der Waals surface area contributed by atoms with Gasteiger partial charge in [0.25, 0.3) is 0 Å². The molecule has 6 heteroatoms. The number of nitrogens with one attached hydrogen (secondary N) is 1. The van der Waals surface area contributed by atoms with Crippen molar-refractivity contribution in [3.8, 4) is 0 Å². The first-order chi connectivity index (χ1) is 10.7. The Balaban J connectivity index is 4.96. The fourth-order valence-electron chi connectivity index (χ4n) is 2.79. The minimum Gasteiger partial charge on any atom is -0.444 e. The van der Waals surface area contributed by atoms with Gasteiger partial charge in [-0.25, -0.2) is 4.79 Å². The van der Waals surface area contributed by atoms with Gasteiger partial charge in [-0.1, -0.05) is 13.8 Å². The van der Waals surface area contributed by atoms with Crippen molar-refractivity contribution >= 4 is 6.09 Å². The molecule has 23 heavy (non-hydrogen) atoms. The lowest BCUT2D eigenvalue weighted by Gasteiger charge is -2.40. The third-order valence-electron chi connectivity index (χ3n) is 3.95. The van der Waals surface area contributed by atoms with Crippen LogP contribution in [-0.4, -0.2) is 61.5 Å². The maximum atomic E-state index is 12.0. The van der Waals surface area contributed by atoms with Gasteiger partial charge >= 0.3 is 6.09 Å². The molecule has 0 saturated heterocycles. The van der Waals surface area contributed by atoms with E-state index in [9.17, 15) is 4.79 Å². The van der Waals surface area contributed by atoms with Gasteiger partial charge in [0, 0.05) is 38.3 Å². The Kier molecular flexibility index (Phi) is 10.4. The SMILES string of the molecule is CCC(CC)N(CCOC)C(CN)C(C)NC(=O)OC(C)(C)C. The number of amides is 1. The number of nitrogens with zero attached hydrogens (tertiary/aromatic N) is 1. The monoisotopic (exact) mass is 331 g/mol. The number of methoxy groups -OCH3 is 1. The second-order valence-corrected chi connectivity index (χ2v) is 6.94. The number of hydrogen-bond acceptors (Lipinski definition) is 5. The maximum Gasteiger partial charge on any atom is 0.407 e. The Hall–Kier alpha value is -0.850. The molecule has 0 aromatic carbocycles. The molecule has 3 N–H and O–H groups in total. The van der Waals surface area contributed by atoms with Crippen molar-refractivity contribution in [2.45, 2.75) is 78.1 Å². The molecule has 0 fully saturated rings. The summed E-state index contributed by atoms with van der Waals surface area (Å²) < 4.78 is 10.6. The molecule has 0 radical (unpaired) electrons. The van der Waals surface area contributed by atoms with E-state index in [4.69, 9.17) is 15.2 Å². The van der Waals surface area contributed by atoms with Crippen molar-refractivity contribution < 1.29 is 14.3 Å². The molecule has 0 aromatic heterocycles. The van der Waals surface area contributed by atoms with Crippen LogP contribution in [0.5, 0.6) is 0 Å². The highest BCUT2D eigenvalue weighted by atomic mass is 16.6. The van der Waals surface area contributed by atoms with E-state index in [0.717, 1.165) is 19.4 Å². The fraction of sp³-hybridized carbons (Fsp3) is 0.941. The molecule has 0 saturated carbocycles. The number of nitrogens with two attached hydrogens (primary N) is 1. The highest BCUT2D eigenvalue weighted by Gasteiger charge is 2.29. The normalized spacial score (nSPS) is 14.9. The van der Waals surface area contributed by atoms with E-state index >= 15 is 0 Å². The Labute approximate surface area is 142 Å². The molecule has 0 aromatic rings. The topological polar surface area (TPSA) is 76.8 Å². The summed E-state index contributed by atoms with van der Waals surface area (Å²) in [5, 5.41) is 2.92. The molecule has 0 aliphatic carbocycles. The van der Waals surface area contributed by atoms with Gasteiger partial charge in [-0.2, -0.15) is 0 Å². The number of rotatable bonds is 10. The van der Waals surface area contributed by atoms with Crippen LogP contribution < -0.4 is 11.1 Å². The second kappa shape index (κ2) is 10.8. The number of ether oxygens (including phenoxy) is 2. The van der Waals surface area contributed by atoms with Crippen LogP contribution in [0.1, 0.15) is 54.4 Å². The van der Waals surface area contributed by atoms with Crippen LogP contribution in [0, 0.1) is 0 Å². The molecular weight excluding hydrogens is 294 g/mol. The molecule has 0 heterocycles. The van der Waals surface area contributed by atoms with Crippen molar-refractivity contribution in [2.75, 3.05) is 26.8 Å². The molecule has 0 rings (SSSR count). The van der Waals surface area contributed by atoms with Crippen LogP contribution in [0.4, 0.5) is 4.79 Å². The molecule has 2 atom stereocenters. The lowest BCUT2D eigenvalue weighted by Crippen LogP contribution is -2.57. The number of hydrogen-bond donors (Lipinski definition) is 2. The largest absolute Gasteiger partial charge is 0.444 e. The molecule has 0 aliphatic rings. The molecule has 0 aliphatic heterocycles. The highest BCUT2D eigenvalue weighted by molar-refractivity contribution is 5.68. The first-order valence-corrected chi connectivity index (χ1v) is 8.64. The second-order valence-electron chi connectivity index (χ2n) is 6.94. The molecular formula is C17H37N3O3. The standard InChI is InChI=1S/C17H37N3O3/c1-8-14(9-2)20(10-11-22-7)15(12-18)13(3)19-16(21)23-17(4,5)6/h13-15H,8-12,18H2,1-7H3,(H,19,21).